The zero-order chi connectivity index (χ0) is 12.7. The molecule has 0 spiro atoms. The van der Waals surface area contributed by atoms with E-state index >= 15 is 0 Å². The van der Waals surface area contributed by atoms with Crippen LogP contribution in [0.25, 0.3) is 22.2 Å². The second kappa shape index (κ2) is 3.73. The fraction of sp³-hybridized carbons (Fsp3) is 0.0769. The summed E-state index contributed by atoms with van der Waals surface area (Å²) in [6.45, 7) is 0. The van der Waals surface area contributed by atoms with Gasteiger partial charge < -0.3 is 4.98 Å². The van der Waals surface area contributed by atoms with E-state index in [2.05, 4.69) is 10.1 Å². The van der Waals surface area contributed by atoms with Gasteiger partial charge in [0, 0.05) is 18.7 Å². The lowest BCUT2D eigenvalue weighted by Crippen LogP contribution is -2.12. The Hall–Kier alpha value is -2.56. The monoisotopic (exact) mass is 241 g/mol. The number of pyridine rings is 1. The molecule has 0 aliphatic carbocycles. The van der Waals surface area contributed by atoms with Crippen LogP contribution in [0.2, 0.25) is 0 Å². The smallest absolute Gasteiger partial charge is 0.276 e. The minimum atomic E-state index is -0.233. The van der Waals surface area contributed by atoms with E-state index in [0.717, 1.165) is 5.56 Å². The lowest BCUT2D eigenvalue weighted by Gasteiger charge is -2.01. The van der Waals surface area contributed by atoms with Crippen LogP contribution in [0.15, 0.2) is 46.0 Å². The molecule has 0 amide bonds. The predicted molar refractivity (Wildman–Crippen MR) is 69.6 cm³/mol. The summed E-state index contributed by atoms with van der Waals surface area (Å²) in [7, 11) is 1.62. The average molecular weight is 241 g/mol. The van der Waals surface area contributed by atoms with Gasteiger partial charge in [0.2, 0.25) is 5.56 Å². The summed E-state index contributed by atoms with van der Waals surface area (Å²) in [5.41, 5.74) is 1.57. The Kier molecular flexibility index (Phi) is 2.19. The number of aromatic nitrogens is 3. The van der Waals surface area contributed by atoms with E-state index in [4.69, 9.17) is 0 Å². The van der Waals surface area contributed by atoms with Crippen molar-refractivity contribution in [3.63, 3.8) is 0 Å². The van der Waals surface area contributed by atoms with Gasteiger partial charge in [-0.2, -0.15) is 0 Å². The molecule has 0 atom stereocenters. The molecule has 0 saturated carbocycles. The second-order valence-corrected chi connectivity index (χ2v) is 4.14. The molecule has 1 aromatic carbocycles. The number of hydrogen-bond donors (Lipinski definition) is 2. The fourth-order valence-corrected chi connectivity index (χ4v) is 2.10. The lowest BCUT2D eigenvalue weighted by atomic mass is 10.0. The van der Waals surface area contributed by atoms with E-state index < -0.39 is 0 Å². The van der Waals surface area contributed by atoms with Crippen LogP contribution in [-0.4, -0.2) is 14.8 Å². The number of aromatic amines is 2. The van der Waals surface area contributed by atoms with Crippen molar-refractivity contribution in [3.05, 3.63) is 57.1 Å². The quantitative estimate of drug-likeness (QED) is 0.672. The van der Waals surface area contributed by atoms with E-state index in [-0.39, 0.29) is 11.1 Å². The first-order valence-electron chi connectivity index (χ1n) is 5.54. The molecule has 0 aliphatic rings. The van der Waals surface area contributed by atoms with Crippen LogP contribution < -0.4 is 11.1 Å². The molecule has 3 rings (SSSR count). The Morgan fingerprint density at radius 3 is 2.56 bits per heavy atom. The lowest BCUT2D eigenvalue weighted by molar-refractivity contribution is 0.747. The molecule has 90 valence electrons. The molecule has 0 unspecified atom stereocenters. The van der Waals surface area contributed by atoms with E-state index in [0.29, 0.717) is 16.6 Å². The molecule has 18 heavy (non-hydrogen) atoms. The summed E-state index contributed by atoms with van der Waals surface area (Å²) in [6.07, 6.45) is 0. The van der Waals surface area contributed by atoms with Gasteiger partial charge in [-0.1, -0.05) is 30.3 Å². The molecule has 2 aromatic heterocycles. The topological polar surface area (TPSA) is 70.7 Å². The molecule has 0 aliphatic heterocycles. The van der Waals surface area contributed by atoms with Crippen LogP contribution in [0.3, 0.4) is 0 Å². The van der Waals surface area contributed by atoms with Gasteiger partial charge in [-0.05, 0) is 5.56 Å². The summed E-state index contributed by atoms with van der Waals surface area (Å²) >= 11 is 0. The maximum absolute atomic E-state index is 12.0. The maximum Gasteiger partial charge on any atom is 0.276 e. The summed E-state index contributed by atoms with van der Waals surface area (Å²) in [5.74, 6) is 0. The highest BCUT2D eigenvalue weighted by atomic mass is 16.1. The van der Waals surface area contributed by atoms with Gasteiger partial charge in [-0.15, -0.1) is 0 Å². The number of nitrogens with zero attached hydrogens (tertiary/aromatic N) is 1. The third kappa shape index (κ3) is 1.48. The van der Waals surface area contributed by atoms with Gasteiger partial charge in [-0.3, -0.25) is 19.4 Å². The molecular formula is C13H11N3O2. The van der Waals surface area contributed by atoms with Crippen molar-refractivity contribution in [2.75, 3.05) is 0 Å². The first-order valence-corrected chi connectivity index (χ1v) is 5.54. The molecule has 3 aromatic rings. The van der Waals surface area contributed by atoms with Crippen LogP contribution in [0.5, 0.6) is 0 Å². The van der Waals surface area contributed by atoms with Gasteiger partial charge in [0.05, 0.1) is 5.39 Å². The largest absolute Gasteiger partial charge is 0.307 e. The van der Waals surface area contributed by atoms with Gasteiger partial charge in [-0.25, -0.2) is 0 Å². The van der Waals surface area contributed by atoms with Crippen molar-refractivity contribution in [2.45, 2.75) is 0 Å². The third-order valence-corrected chi connectivity index (χ3v) is 2.93. The molecule has 0 radical (unpaired) electrons. The number of hydrogen-bond acceptors (Lipinski definition) is 2. The first kappa shape index (κ1) is 10.6. The SMILES string of the molecule is Cn1[nH]c2[nH]c(=O)cc(-c3ccccc3)c2c1=O. The number of aryl methyl sites for hydroxylation is 1. The van der Waals surface area contributed by atoms with Gasteiger partial charge in [0.1, 0.15) is 5.65 Å². The van der Waals surface area contributed by atoms with E-state index in [1.807, 2.05) is 30.3 Å². The number of rotatable bonds is 1. The Morgan fingerprint density at radius 2 is 1.83 bits per heavy atom. The third-order valence-electron chi connectivity index (χ3n) is 2.93. The molecule has 0 bridgehead atoms. The van der Waals surface area contributed by atoms with Crippen LogP contribution in [0.1, 0.15) is 0 Å². The van der Waals surface area contributed by atoms with Crippen LogP contribution in [0.4, 0.5) is 0 Å². The zero-order valence-electron chi connectivity index (χ0n) is 9.73. The van der Waals surface area contributed by atoms with Crippen molar-refractivity contribution in [2.24, 2.45) is 7.05 Å². The van der Waals surface area contributed by atoms with Crippen LogP contribution >= 0.6 is 0 Å². The molecule has 2 N–H and O–H groups in total. The van der Waals surface area contributed by atoms with Crippen molar-refractivity contribution >= 4 is 11.0 Å². The molecule has 0 saturated heterocycles. The minimum absolute atomic E-state index is 0.153. The van der Waals surface area contributed by atoms with E-state index in [1.54, 1.807) is 7.05 Å². The molecule has 5 nitrogen and oxygen atoms in total. The predicted octanol–water partition coefficient (Wildman–Crippen LogP) is 1.22. The molecule has 5 heteroatoms. The standard InChI is InChI=1S/C13H11N3O2/c1-16-13(18)11-9(8-5-3-2-4-6-8)7-10(17)14-12(11)15-16/h2-7H,1H3,(H2,14,15,17). The fourth-order valence-electron chi connectivity index (χ4n) is 2.10. The molecule has 0 fully saturated rings. The number of H-pyrrole nitrogens is 2. The van der Waals surface area contributed by atoms with Crippen molar-refractivity contribution in [1.29, 1.82) is 0 Å². The van der Waals surface area contributed by atoms with Crippen molar-refractivity contribution in [1.82, 2.24) is 14.8 Å². The Bertz CT molecular complexity index is 825. The van der Waals surface area contributed by atoms with Crippen LogP contribution in [0, 0.1) is 0 Å². The highest BCUT2D eigenvalue weighted by Gasteiger charge is 2.12. The maximum atomic E-state index is 12.0. The van der Waals surface area contributed by atoms with Crippen molar-refractivity contribution < 1.29 is 0 Å². The van der Waals surface area contributed by atoms with E-state index in [1.165, 1.54) is 10.7 Å². The molecule has 2 heterocycles. The summed E-state index contributed by atoms with van der Waals surface area (Å²) in [4.78, 5) is 26.3. The summed E-state index contributed by atoms with van der Waals surface area (Å²) in [5, 5.41) is 3.33. The van der Waals surface area contributed by atoms with Gasteiger partial charge >= 0.3 is 0 Å². The number of fused-ring (bicyclic) bond motifs is 1. The number of nitrogens with one attached hydrogen (secondary N) is 2. The van der Waals surface area contributed by atoms with Gasteiger partial charge in [0.15, 0.2) is 0 Å². The summed E-state index contributed by atoms with van der Waals surface area (Å²) in [6, 6.07) is 10.8. The highest BCUT2D eigenvalue weighted by molar-refractivity contribution is 5.91. The Morgan fingerprint density at radius 1 is 1.11 bits per heavy atom. The van der Waals surface area contributed by atoms with Gasteiger partial charge in [0.25, 0.3) is 5.56 Å². The highest BCUT2D eigenvalue weighted by Crippen LogP contribution is 2.22. The Balaban J connectivity index is 2.49. The molecular weight excluding hydrogens is 230 g/mol. The summed E-state index contributed by atoms with van der Waals surface area (Å²) < 4.78 is 1.35. The minimum Gasteiger partial charge on any atom is -0.307 e. The van der Waals surface area contributed by atoms with Crippen LogP contribution in [-0.2, 0) is 7.05 Å². The average Bonchev–Trinajstić information content (AvgIpc) is 2.65. The first-order chi connectivity index (χ1) is 8.66. The Labute approximate surface area is 102 Å². The zero-order valence-corrected chi connectivity index (χ0v) is 9.73. The normalized spacial score (nSPS) is 10.9. The van der Waals surface area contributed by atoms with Crippen molar-refractivity contribution in [3.8, 4) is 11.1 Å². The number of benzene rings is 1. The second-order valence-electron chi connectivity index (χ2n) is 4.14. The van der Waals surface area contributed by atoms with E-state index in [9.17, 15) is 9.59 Å².